The maximum Gasteiger partial charge on any atom is 0.251 e. The van der Waals surface area contributed by atoms with E-state index < -0.39 is 5.82 Å². The zero-order chi connectivity index (χ0) is 16.9. The highest BCUT2D eigenvalue weighted by Crippen LogP contribution is 2.26. The summed E-state index contributed by atoms with van der Waals surface area (Å²) in [5.41, 5.74) is 1.31. The van der Waals surface area contributed by atoms with Crippen LogP contribution in [-0.4, -0.2) is 19.6 Å². The van der Waals surface area contributed by atoms with E-state index in [0.29, 0.717) is 6.54 Å². The first kappa shape index (κ1) is 16.3. The number of ether oxygens (including phenoxy) is 1. The second kappa shape index (κ2) is 7.31. The summed E-state index contributed by atoms with van der Waals surface area (Å²) in [6.45, 7) is 0.358. The van der Waals surface area contributed by atoms with Gasteiger partial charge in [0.2, 0.25) is 0 Å². The van der Waals surface area contributed by atoms with E-state index in [0.717, 1.165) is 11.3 Å². The Kier molecular flexibility index (Phi) is 4.96. The van der Waals surface area contributed by atoms with Gasteiger partial charge < -0.3 is 14.5 Å². The van der Waals surface area contributed by atoms with E-state index in [2.05, 4.69) is 5.32 Å². The number of rotatable bonds is 6. The van der Waals surface area contributed by atoms with Gasteiger partial charge in [-0.25, -0.2) is 4.39 Å². The number of halogens is 1. The van der Waals surface area contributed by atoms with Crippen molar-refractivity contribution in [2.75, 3.05) is 13.7 Å². The minimum atomic E-state index is -0.564. The van der Waals surface area contributed by atoms with Crippen LogP contribution in [0.4, 0.5) is 4.39 Å². The van der Waals surface area contributed by atoms with Gasteiger partial charge in [0.05, 0.1) is 19.3 Å². The summed E-state index contributed by atoms with van der Waals surface area (Å²) in [6, 6.07) is 9.82. The number of furan rings is 1. The number of thiophene rings is 1. The van der Waals surface area contributed by atoms with Crippen LogP contribution in [0.3, 0.4) is 0 Å². The van der Waals surface area contributed by atoms with Gasteiger partial charge in [0.1, 0.15) is 5.76 Å². The number of hydrogen-bond donors (Lipinski definition) is 1. The van der Waals surface area contributed by atoms with Gasteiger partial charge in [-0.15, -0.1) is 0 Å². The Labute approximate surface area is 142 Å². The van der Waals surface area contributed by atoms with Crippen LogP contribution in [0.2, 0.25) is 0 Å². The fourth-order valence-corrected chi connectivity index (χ4v) is 3.16. The molecule has 1 aromatic carbocycles. The quantitative estimate of drug-likeness (QED) is 0.733. The molecule has 2 heterocycles. The van der Waals surface area contributed by atoms with Gasteiger partial charge in [0, 0.05) is 12.1 Å². The van der Waals surface area contributed by atoms with Crippen LogP contribution in [0, 0.1) is 5.82 Å². The molecule has 0 radical (unpaired) electrons. The zero-order valence-electron chi connectivity index (χ0n) is 13.0. The smallest absolute Gasteiger partial charge is 0.251 e. The molecule has 0 aliphatic rings. The molecule has 1 atom stereocenters. The van der Waals surface area contributed by atoms with Crippen molar-refractivity contribution >= 4 is 17.2 Å². The standard InChI is InChI=1S/C18H16FNO3S/c1-22-17-5-4-12(9-15(17)19)18(21)20-10-14(13-6-8-24-11-13)16-3-2-7-23-16/h2-9,11,14H,10H2,1H3,(H,20,21). The maximum absolute atomic E-state index is 13.7. The fraction of sp³-hybridized carbons (Fsp3) is 0.167. The molecule has 3 rings (SSSR count). The highest BCUT2D eigenvalue weighted by atomic mass is 32.1. The molecule has 6 heteroatoms. The van der Waals surface area contributed by atoms with E-state index in [4.69, 9.17) is 9.15 Å². The fourth-order valence-electron chi connectivity index (χ4n) is 2.45. The van der Waals surface area contributed by atoms with E-state index in [1.54, 1.807) is 17.6 Å². The van der Waals surface area contributed by atoms with Crippen molar-refractivity contribution in [3.05, 3.63) is 76.1 Å². The van der Waals surface area contributed by atoms with Gasteiger partial charge in [-0.3, -0.25) is 4.79 Å². The van der Waals surface area contributed by atoms with Crippen molar-refractivity contribution in [3.63, 3.8) is 0 Å². The van der Waals surface area contributed by atoms with Gasteiger partial charge in [0.25, 0.3) is 5.91 Å². The SMILES string of the molecule is COc1ccc(C(=O)NCC(c2ccsc2)c2ccco2)cc1F. The van der Waals surface area contributed by atoms with Gasteiger partial charge in [0.15, 0.2) is 11.6 Å². The average molecular weight is 345 g/mol. The highest BCUT2D eigenvalue weighted by Gasteiger charge is 2.19. The zero-order valence-corrected chi connectivity index (χ0v) is 13.8. The monoisotopic (exact) mass is 345 g/mol. The molecule has 0 fully saturated rings. The third-order valence-electron chi connectivity index (χ3n) is 3.71. The number of hydrogen-bond acceptors (Lipinski definition) is 4. The molecule has 0 aliphatic heterocycles. The predicted molar refractivity (Wildman–Crippen MR) is 90.2 cm³/mol. The lowest BCUT2D eigenvalue weighted by Gasteiger charge is -2.15. The van der Waals surface area contributed by atoms with Crippen LogP contribution in [0.1, 0.15) is 27.6 Å². The molecule has 0 aliphatic carbocycles. The molecule has 0 bridgehead atoms. The van der Waals surface area contributed by atoms with Crippen LogP contribution < -0.4 is 10.1 Å². The largest absolute Gasteiger partial charge is 0.494 e. The highest BCUT2D eigenvalue weighted by molar-refractivity contribution is 7.08. The van der Waals surface area contributed by atoms with Crippen molar-refractivity contribution in [1.82, 2.24) is 5.32 Å². The first-order chi connectivity index (χ1) is 11.7. The lowest BCUT2D eigenvalue weighted by atomic mass is 9.99. The molecule has 0 saturated carbocycles. The Morgan fingerprint density at radius 2 is 2.25 bits per heavy atom. The van der Waals surface area contributed by atoms with Crippen LogP contribution in [0.15, 0.2) is 57.8 Å². The van der Waals surface area contributed by atoms with Crippen LogP contribution >= 0.6 is 11.3 Å². The van der Waals surface area contributed by atoms with Gasteiger partial charge in [-0.2, -0.15) is 11.3 Å². The minimum Gasteiger partial charge on any atom is -0.494 e. The molecule has 4 nitrogen and oxygen atoms in total. The third-order valence-corrected chi connectivity index (χ3v) is 4.41. The molecule has 1 amide bonds. The maximum atomic E-state index is 13.7. The van der Waals surface area contributed by atoms with E-state index in [9.17, 15) is 9.18 Å². The molecule has 0 saturated heterocycles. The van der Waals surface area contributed by atoms with Crippen LogP contribution in [0.25, 0.3) is 0 Å². The topological polar surface area (TPSA) is 51.5 Å². The van der Waals surface area contributed by atoms with Crippen molar-refractivity contribution in [2.24, 2.45) is 0 Å². The van der Waals surface area contributed by atoms with E-state index in [1.807, 2.05) is 29.0 Å². The number of benzene rings is 1. The first-order valence-corrected chi connectivity index (χ1v) is 8.30. The van der Waals surface area contributed by atoms with Gasteiger partial charge >= 0.3 is 0 Å². The molecule has 3 aromatic rings. The Morgan fingerprint density at radius 1 is 1.38 bits per heavy atom. The van der Waals surface area contributed by atoms with Crippen LogP contribution in [0.5, 0.6) is 5.75 Å². The number of carbonyl (C=O) groups is 1. The van der Waals surface area contributed by atoms with E-state index >= 15 is 0 Å². The van der Waals surface area contributed by atoms with Gasteiger partial charge in [-0.1, -0.05) is 0 Å². The Bertz CT molecular complexity index is 766. The summed E-state index contributed by atoms with van der Waals surface area (Å²) >= 11 is 1.58. The molecule has 1 N–H and O–H groups in total. The number of carbonyl (C=O) groups excluding carboxylic acids is 1. The lowest BCUT2D eigenvalue weighted by Crippen LogP contribution is -2.28. The van der Waals surface area contributed by atoms with Crippen molar-refractivity contribution in [2.45, 2.75) is 5.92 Å². The molecule has 1 unspecified atom stereocenters. The summed E-state index contributed by atoms with van der Waals surface area (Å²) in [4.78, 5) is 12.3. The minimum absolute atomic E-state index is 0.0849. The van der Waals surface area contributed by atoms with Crippen LogP contribution in [-0.2, 0) is 0 Å². The van der Waals surface area contributed by atoms with Crippen molar-refractivity contribution in [3.8, 4) is 5.75 Å². The summed E-state index contributed by atoms with van der Waals surface area (Å²) in [6.07, 6.45) is 1.61. The average Bonchev–Trinajstić information content (AvgIpc) is 3.29. The lowest BCUT2D eigenvalue weighted by molar-refractivity contribution is 0.0951. The van der Waals surface area contributed by atoms with E-state index in [1.165, 1.54) is 25.3 Å². The Hall–Kier alpha value is -2.60. The number of methoxy groups -OCH3 is 1. The molecule has 0 spiro atoms. The second-order valence-electron chi connectivity index (χ2n) is 5.18. The number of amides is 1. The van der Waals surface area contributed by atoms with Crippen molar-refractivity contribution in [1.29, 1.82) is 0 Å². The van der Waals surface area contributed by atoms with E-state index in [-0.39, 0.29) is 23.1 Å². The van der Waals surface area contributed by atoms with Gasteiger partial charge in [-0.05, 0) is 52.7 Å². The predicted octanol–water partition coefficient (Wildman–Crippen LogP) is 4.05. The summed E-state index contributed by atoms with van der Waals surface area (Å²) in [7, 11) is 1.38. The Balaban J connectivity index is 1.73. The second-order valence-corrected chi connectivity index (χ2v) is 5.96. The molecule has 124 valence electrons. The summed E-state index contributed by atoms with van der Waals surface area (Å²) in [5.74, 6) is -0.111. The normalized spacial score (nSPS) is 11.9. The Morgan fingerprint density at radius 3 is 2.88 bits per heavy atom. The molecular weight excluding hydrogens is 329 g/mol. The molecule has 2 aromatic heterocycles. The molecule has 24 heavy (non-hydrogen) atoms. The van der Waals surface area contributed by atoms with Crippen molar-refractivity contribution < 1.29 is 18.3 Å². The third kappa shape index (κ3) is 3.49. The number of nitrogens with one attached hydrogen (secondary N) is 1. The first-order valence-electron chi connectivity index (χ1n) is 7.36. The summed E-state index contributed by atoms with van der Waals surface area (Å²) < 4.78 is 24.1. The molecular formula is C18H16FNO3S. The summed E-state index contributed by atoms with van der Waals surface area (Å²) in [5, 5.41) is 6.84.